The number of rotatable bonds is 6. The third kappa shape index (κ3) is 6.40. The minimum atomic E-state index is -4.54. The second-order valence-corrected chi connectivity index (χ2v) is 8.06. The molecule has 0 saturated carbocycles. The molecule has 0 atom stereocenters. The van der Waals surface area contributed by atoms with E-state index in [1.165, 1.54) is 36.7 Å². The maximum atomic E-state index is 13.0. The highest BCUT2D eigenvalue weighted by atomic mass is 19.4. The first kappa shape index (κ1) is 25.2. The third-order valence-electron chi connectivity index (χ3n) is 5.24. The molecule has 0 unspecified atom stereocenters. The van der Waals surface area contributed by atoms with E-state index in [0.29, 0.717) is 28.6 Å². The average molecular weight is 506 g/mol. The molecule has 0 fully saturated rings. The van der Waals surface area contributed by atoms with Crippen LogP contribution in [0.3, 0.4) is 0 Å². The number of aryl methyl sites for hydroxylation is 1. The molecule has 0 saturated heterocycles. The number of anilines is 5. The fraction of sp³-hybridized carbons (Fsp3) is 0.0769. The van der Waals surface area contributed by atoms with Gasteiger partial charge in [-0.25, -0.2) is 9.97 Å². The Hall–Kier alpha value is -4.93. The second kappa shape index (κ2) is 10.4. The van der Waals surface area contributed by atoms with Crippen molar-refractivity contribution in [1.29, 1.82) is 0 Å². The van der Waals surface area contributed by atoms with Crippen molar-refractivity contribution in [3.63, 3.8) is 0 Å². The molecule has 3 aromatic carbocycles. The number of nitrogens with two attached hydrogens (primary N) is 1. The van der Waals surface area contributed by atoms with E-state index in [1.54, 1.807) is 37.3 Å². The van der Waals surface area contributed by atoms with Crippen molar-refractivity contribution in [2.75, 3.05) is 21.7 Å². The topological polar surface area (TPSA) is 122 Å². The Morgan fingerprint density at radius 1 is 0.811 bits per heavy atom. The second-order valence-electron chi connectivity index (χ2n) is 8.06. The van der Waals surface area contributed by atoms with Crippen molar-refractivity contribution in [1.82, 2.24) is 9.97 Å². The van der Waals surface area contributed by atoms with Gasteiger partial charge in [-0.3, -0.25) is 9.59 Å². The molecule has 0 bridgehead atoms. The zero-order valence-corrected chi connectivity index (χ0v) is 19.4. The molecule has 0 spiro atoms. The highest BCUT2D eigenvalue weighted by Crippen LogP contribution is 2.30. The van der Waals surface area contributed by atoms with Crippen LogP contribution < -0.4 is 21.7 Å². The number of carbonyl (C=O) groups excluding carboxylic acids is 2. The van der Waals surface area contributed by atoms with Crippen LogP contribution in [0.1, 0.15) is 31.8 Å². The van der Waals surface area contributed by atoms with Gasteiger partial charge in [0.25, 0.3) is 11.8 Å². The van der Waals surface area contributed by atoms with Crippen LogP contribution in [0, 0.1) is 6.92 Å². The van der Waals surface area contributed by atoms with E-state index >= 15 is 0 Å². The molecule has 2 amide bonds. The Morgan fingerprint density at radius 3 is 2.19 bits per heavy atom. The van der Waals surface area contributed by atoms with Gasteiger partial charge in [0.2, 0.25) is 5.95 Å². The van der Waals surface area contributed by atoms with E-state index in [-0.39, 0.29) is 16.8 Å². The van der Waals surface area contributed by atoms with Crippen molar-refractivity contribution in [2.45, 2.75) is 13.1 Å². The molecule has 0 aliphatic heterocycles. The maximum Gasteiger partial charge on any atom is 0.416 e. The monoisotopic (exact) mass is 506 g/mol. The average Bonchev–Trinajstić information content (AvgIpc) is 2.85. The van der Waals surface area contributed by atoms with Crippen LogP contribution in [-0.4, -0.2) is 21.8 Å². The molecule has 37 heavy (non-hydrogen) atoms. The summed E-state index contributed by atoms with van der Waals surface area (Å²) >= 11 is 0. The first-order valence-corrected chi connectivity index (χ1v) is 10.9. The zero-order valence-electron chi connectivity index (χ0n) is 19.4. The Morgan fingerprint density at radius 2 is 1.49 bits per heavy atom. The molecule has 1 heterocycles. The van der Waals surface area contributed by atoms with Crippen LogP contribution in [0.4, 0.5) is 41.9 Å². The lowest BCUT2D eigenvalue weighted by Gasteiger charge is -2.12. The summed E-state index contributed by atoms with van der Waals surface area (Å²) in [5.41, 5.74) is 7.35. The predicted octanol–water partition coefficient (Wildman–Crippen LogP) is 5.63. The lowest BCUT2D eigenvalue weighted by molar-refractivity contribution is -0.137. The van der Waals surface area contributed by atoms with E-state index in [1.807, 2.05) is 0 Å². The van der Waals surface area contributed by atoms with Gasteiger partial charge in [0.1, 0.15) is 0 Å². The van der Waals surface area contributed by atoms with E-state index in [4.69, 9.17) is 5.73 Å². The third-order valence-corrected chi connectivity index (χ3v) is 5.24. The van der Waals surface area contributed by atoms with E-state index < -0.39 is 23.6 Å². The quantitative estimate of drug-likeness (QED) is 0.251. The summed E-state index contributed by atoms with van der Waals surface area (Å²) < 4.78 is 38.9. The van der Waals surface area contributed by atoms with Crippen LogP contribution in [0.2, 0.25) is 0 Å². The summed E-state index contributed by atoms with van der Waals surface area (Å²) in [5, 5.41) is 8.10. The predicted molar refractivity (Wildman–Crippen MR) is 135 cm³/mol. The fourth-order valence-electron chi connectivity index (χ4n) is 3.39. The summed E-state index contributed by atoms with van der Waals surface area (Å²) in [6, 6.07) is 15.8. The molecule has 5 N–H and O–H groups in total. The summed E-state index contributed by atoms with van der Waals surface area (Å²) in [5.74, 6) is -0.868. The number of carbonyl (C=O) groups is 2. The number of nitrogens with zero attached hydrogens (tertiary/aromatic N) is 2. The smallest absolute Gasteiger partial charge is 0.399 e. The largest absolute Gasteiger partial charge is 0.416 e. The van der Waals surface area contributed by atoms with E-state index in [2.05, 4.69) is 25.9 Å². The Labute approximate surface area is 209 Å². The number of halogens is 3. The van der Waals surface area contributed by atoms with Gasteiger partial charge in [0.05, 0.1) is 23.6 Å². The molecule has 11 heteroatoms. The standard InChI is InChI=1S/C26H21F3N6O2/c1-15-8-9-16(23(36)33-19-6-2-4-17(11-19)26(27,28)29)10-22(15)24(37)34-21-13-31-25(32-14-21)35-20-7-3-5-18(30)12-20/h2-14H,30H2,1H3,(H,33,36)(H,34,37)(H,31,32,35). The molecular formula is C26H21F3N6O2. The number of nitrogen functional groups attached to an aromatic ring is 1. The van der Waals surface area contributed by atoms with Crippen LogP contribution in [-0.2, 0) is 6.18 Å². The Balaban J connectivity index is 1.45. The molecule has 0 aliphatic carbocycles. The Bertz CT molecular complexity index is 1460. The summed E-state index contributed by atoms with van der Waals surface area (Å²) in [7, 11) is 0. The van der Waals surface area contributed by atoms with Crippen molar-refractivity contribution >= 4 is 40.5 Å². The fourth-order valence-corrected chi connectivity index (χ4v) is 3.39. The zero-order chi connectivity index (χ0) is 26.6. The highest BCUT2D eigenvalue weighted by Gasteiger charge is 2.30. The van der Waals surface area contributed by atoms with Crippen LogP contribution in [0.25, 0.3) is 0 Å². The first-order chi connectivity index (χ1) is 17.6. The van der Waals surface area contributed by atoms with E-state index in [0.717, 1.165) is 12.1 Å². The summed E-state index contributed by atoms with van der Waals surface area (Å²) in [6.07, 6.45) is -1.71. The molecule has 4 aromatic rings. The van der Waals surface area contributed by atoms with Crippen molar-refractivity contribution in [3.8, 4) is 0 Å². The summed E-state index contributed by atoms with van der Waals surface area (Å²) in [6.45, 7) is 1.69. The number of amides is 2. The van der Waals surface area contributed by atoms with Crippen LogP contribution >= 0.6 is 0 Å². The number of hydrogen-bond acceptors (Lipinski definition) is 6. The van der Waals surface area contributed by atoms with Gasteiger partial charge in [0, 0.05) is 28.2 Å². The molecule has 0 radical (unpaired) electrons. The minimum absolute atomic E-state index is 0.0181. The van der Waals surface area contributed by atoms with Crippen molar-refractivity contribution in [2.24, 2.45) is 0 Å². The van der Waals surface area contributed by atoms with Crippen LogP contribution in [0.15, 0.2) is 79.1 Å². The molecular weight excluding hydrogens is 485 g/mol. The van der Waals surface area contributed by atoms with Crippen molar-refractivity contribution < 1.29 is 22.8 Å². The van der Waals surface area contributed by atoms with E-state index in [9.17, 15) is 22.8 Å². The van der Waals surface area contributed by atoms with Gasteiger partial charge in [-0.2, -0.15) is 13.2 Å². The number of hydrogen-bond donors (Lipinski definition) is 4. The van der Waals surface area contributed by atoms with Gasteiger partial charge >= 0.3 is 6.18 Å². The molecule has 8 nitrogen and oxygen atoms in total. The van der Waals surface area contributed by atoms with Gasteiger partial charge in [0.15, 0.2) is 0 Å². The number of benzene rings is 3. The maximum absolute atomic E-state index is 13.0. The van der Waals surface area contributed by atoms with Gasteiger partial charge in [-0.15, -0.1) is 0 Å². The van der Waals surface area contributed by atoms with Gasteiger partial charge in [-0.05, 0) is 61.0 Å². The van der Waals surface area contributed by atoms with Gasteiger partial charge < -0.3 is 21.7 Å². The number of alkyl halides is 3. The molecule has 188 valence electrons. The van der Waals surface area contributed by atoms with Crippen LogP contribution in [0.5, 0.6) is 0 Å². The highest BCUT2D eigenvalue weighted by molar-refractivity contribution is 6.09. The normalized spacial score (nSPS) is 11.0. The van der Waals surface area contributed by atoms with Gasteiger partial charge in [-0.1, -0.05) is 18.2 Å². The Kier molecular flexibility index (Phi) is 7.05. The van der Waals surface area contributed by atoms with Crippen molar-refractivity contribution in [3.05, 3.63) is 101 Å². The lowest BCUT2D eigenvalue weighted by atomic mass is 10.0. The number of nitrogens with one attached hydrogen (secondary N) is 3. The minimum Gasteiger partial charge on any atom is -0.399 e. The first-order valence-electron chi connectivity index (χ1n) is 10.9. The molecule has 4 rings (SSSR count). The lowest BCUT2D eigenvalue weighted by Crippen LogP contribution is -2.17. The molecule has 0 aliphatic rings. The molecule has 1 aromatic heterocycles. The SMILES string of the molecule is Cc1ccc(C(=O)Nc2cccc(C(F)(F)F)c2)cc1C(=O)Nc1cnc(Nc2cccc(N)c2)nc1. The number of aromatic nitrogens is 2. The summed E-state index contributed by atoms with van der Waals surface area (Å²) in [4.78, 5) is 33.9.